The molecule has 0 spiro atoms. The number of ketones is 1. The summed E-state index contributed by atoms with van der Waals surface area (Å²) >= 11 is 6.97. The zero-order chi connectivity index (χ0) is 15.5. The number of hydrogen-bond donors (Lipinski definition) is 0. The summed E-state index contributed by atoms with van der Waals surface area (Å²) in [5, 5.41) is 2.21. The van der Waals surface area contributed by atoms with Gasteiger partial charge in [0.05, 0.1) is 17.8 Å². The second-order valence-corrected chi connectivity index (χ2v) is 5.49. The third kappa shape index (κ3) is 4.41. The average Bonchev–Trinajstić information content (AvgIpc) is 2.93. The Morgan fingerprint density at radius 2 is 1.86 bits per heavy atom. The lowest BCUT2D eigenvalue weighted by Gasteiger charge is -2.07. The third-order valence-corrected chi connectivity index (χ3v) is 3.71. The van der Waals surface area contributed by atoms with E-state index in [4.69, 9.17) is 11.6 Å². The van der Waals surface area contributed by atoms with Crippen molar-refractivity contribution in [3.8, 4) is 0 Å². The van der Waals surface area contributed by atoms with Crippen molar-refractivity contribution in [1.82, 2.24) is 0 Å². The molecule has 0 atom stereocenters. The summed E-state index contributed by atoms with van der Waals surface area (Å²) in [5.74, 6) is -1.82. The Labute approximate surface area is 127 Å². The van der Waals surface area contributed by atoms with Crippen LogP contribution in [0.5, 0.6) is 0 Å². The fourth-order valence-electron chi connectivity index (χ4n) is 1.55. The largest absolute Gasteiger partial charge is 0.450 e. The van der Waals surface area contributed by atoms with Crippen LogP contribution in [-0.2, 0) is 4.79 Å². The highest BCUT2D eigenvalue weighted by atomic mass is 35.5. The summed E-state index contributed by atoms with van der Waals surface area (Å²) < 4.78 is 37.3. The van der Waals surface area contributed by atoms with Gasteiger partial charge in [-0.1, -0.05) is 17.7 Å². The van der Waals surface area contributed by atoms with Crippen LogP contribution in [-0.4, -0.2) is 17.7 Å². The lowest BCUT2D eigenvalue weighted by atomic mass is 10.1. The molecule has 110 valence electrons. The molecular weight excluding hydrogens is 323 g/mol. The predicted octanol–water partition coefficient (Wildman–Crippen LogP) is 5.04. The summed E-state index contributed by atoms with van der Waals surface area (Å²) in [4.78, 5) is 15.9. The van der Waals surface area contributed by atoms with E-state index in [1.165, 1.54) is 11.3 Å². The highest BCUT2D eigenvalue weighted by molar-refractivity contribution is 7.12. The zero-order valence-electron chi connectivity index (χ0n) is 10.5. The molecule has 1 aromatic heterocycles. The molecule has 0 bridgehead atoms. The van der Waals surface area contributed by atoms with E-state index in [2.05, 4.69) is 4.99 Å². The van der Waals surface area contributed by atoms with E-state index in [1.54, 1.807) is 41.8 Å². The van der Waals surface area contributed by atoms with Gasteiger partial charge in [0.2, 0.25) is 5.78 Å². The molecule has 2 nitrogen and oxygen atoms in total. The van der Waals surface area contributed by atoms with E-state index in [0.717, 1.165) is 0 Å². The normalized spacial score (nSPS) is 12.5. The summed E-state index contributed by atoms with van der Waals surface area (Å²) in [6, 6.07) is 9.64. The Morgan fingerprint density at radius 1 is 1.19 bits per heavy atom. The number of halogens is 4. The number of alkyl halides is 3. The van der Waals surface area contributed by atoms with Crippen LogP contribution < -0.4 is 0 Å². The van der Waals surface area contributed by atoms with E-state index >= 15 is 0 Å². The molecule has 7 heteroatoms. The van der Waals surface area contributed by atoms with Crippen molar-refractivity contribution in [2.75, 3.05) is 0 Å². The van der Waals surface area contributed by atoms with Crippen LogP contribution in [0.3, 0.4) is 0 Å². The molecule has 0 unspecified atom stereocenters. The molecule has 0 N–H and O–H groups in total. The van der Waals surface area contributed by atoms with Crippen LogP contribution in [0, 0.1) is 0 Å². The highest BCUT2D eigenvalue weighted by Crippen LogP contribution is 2.24. The van der Waals surface area contributed by atoms with Crippen LogP contribution in [0.1, 0.15) is 11.3 Å². The second-order valence-electron chi connectivity index (χ2n) is 4.11. The maximum absolute atomic E-state index is 12.4. The van der Waals surface area contributed by atoms with Gasteiger partial charge in [0.15, 0.2) is 0 Å². The number of Topliss-reactive ketones (excluding diaryl/α,β-unsaturated/α-hetero) is 1. The van der Waals surface area contributed by atoms with E-state index in [1.807, 2.05) is 0 Å². The van der Waals surface area contributed by atoms with Crippen LogP contribution >= 0.6 is 22.9 Å². The molecule has 2 rings (SSSR count). The summed E-state index contributed by atoms with van der Waals surface area (Å²) in [7, 11) is 0. The molecule has 0 aliphatic rings. The van der Waals surface area contributed by atoms with Crippen LogP contribution in [0.25, 0.3) is 0 Å². The van der Waals surface area contributed by atoms with Gasteiger partial charge in [-0.25, -0.2) is 0 Å². The lowest BCUT2D eigenvalue weighted by molar-refractivity contribution is -0.169. The second kappa shape index (κ2) is 6.41. The summed E-state index contributed by atoms with van der Waals surface area (Å²) in [6.07, 6.45) is -5.65. The first-order valence-corrected chi connectivity index (χ1v) is 7.09. The Bertz CT molecular complexity index is 648. The number of thiophene rings is 1. The topological polar surface area (TPSA) is 29.4 Å². The fourth-order valence-corrected chi connectivity index (χ4v) is 2.39. The molecular formula is C14H9ClF3NOS. The first kappa shape index (κ1) is 15.7. The first-order valence-electron chi connectivity index (χ1n) is 5.83. The van der Waals surface area contributed by atoms with Gasteiger partial charge in [0.1, 0.15) is 0 Å². The van der Waals surface area contributed by atoms with Gasteiger partial charge in [-0.15, -0.1) is 11.3 Å². The van der Waals surface area contributed by atoms with Crippen LogP contribution in [0.15, 0.2) is 46.8 Å². The lowest BCUT2D eigenvalue weighted by Crippen LogP contribution is -2.25. The van der Waals surface area contributed by atoms with Crippen molar-refractivity contribution in [3.05, 3.63) is 51.7 Å². The van der Waals surface area contributed by atoms with Crippen molar-refractivity contribution in [3.63, 3.8) is 0 Å². The van der Waals surface area contributed by atoms with Crippen molar-refractivity contribution in [2.45, 2.75) is 12.6 Å². The number of hydrogen-bond acceptors (Lipinski definition) is 3. The zero-order valence-corrected chi connectivity index (χ0v) is 12.1. The Kier molecular flexibility index (Phi) is 4.80. The van der Waals surface area contributed by atoms with Gasteiger partial charge in [-0.2, -0.15) is 13.2 Å². The molecule has 0 saturated carbocycles. The minimum absolute atomic E-state index is 0.0923. The maximum Gasteiger partial charge on any atom is 0.450 e. The van der Waals surface area contributed by atoms with Gasteiger partial charge in [-0.05, 0) is 35.7 Å². The number of aliphatic imine (C=N–C) groups is 1. The molecule has 2 aromatic rings. The van der Waals surface area contributed by atoms with Gasteiger partial charge < -0.3 is 0 Å². The molecule has 0 fully saturated rings. The Morgan fingerprint density at radius 3 is 2.38 bits per heavy atom. The summed E-state index contributed by atoms with van der Waals surface area (Å²) in [6.45, 7) is 0. The van der Waals surface area contributed by atoms with Crippen molar-refractivity contribution in [1.29, 1.82) is 0 Å². The van der Waals surface area contributed by atoms with Gasteiger partial charge in [-0.3, -0.25) is 9.79 Å². The van der Waals surface area contributed by atoms with Crippen LogP contribution in [0.4, 0.5) is 18.9 Å². The van der Waals surface area contributed by atoms with Crippen LogP contribution in [0.2, 0.25) is 5.02 Å². The number of carbonyl (C=O) groups is 1. The van der Waals surface area contributed by atoms with E-state index in [-0.39, 0.29) is 5.71 Å². The number of benzene rings is 1. The Hall–Kier alpha value is -1.66. The molecule has 0 aliphatic heterocycles. The van der Waals surface area contributed by atoms with Crippen molar-refractivity contribution >= 4 is 40.1 Å². The van der Waals surface area contributed by atoms with Crippen molar-refractivity contribution in [2.24, 2.45) is 4.99 Å². The maximum atomic E-state index is 12.4. The van der Waals surface area contributed by atoms with Crippen molar-refractivity contribution < 1.29 is 18.0 Å². The number of nitrogens with zero attached hydrogens (tertiary/aromatic N) is 1. The molecule has 21 heavy (non-hydrogen) atoms. The quantitative estimate of drug-likeness (QED) is 0.721. The first-order chi connectivity index (χ1) is 9.86. The molecule has 0 radical (unpaired) electrons. The molecule has 0 saturated heterocycles. The monoisotopic (exact) mass is 331 g/mol. The SMILES string of the molecule is O=C(CC(=Nc1ccc(Cl)cc1)c1cccs1)C(F)(F)F. The fraction of sp³-hybridized carbons (Fsp3) is 0.143. The molecule has 0 amide bonds. The molecule has 0 aliphatic carbocycles. The summed E-state index contributed by atoms with van der Waals surface area (Å²) in [5.41, 5.74) is 0.535. The predicted molar refractivity (Wildman–Crippen MR) is 77.6 cm³/mol. The average molecular weight is 332 g/mol. The van der Waals surface area contributed by atoms with E-state index in [0.29, 0.717) is 15.6 Å². The molecule has 1 heterocycles. The van der Waals surface area contributed by atoms with E-state index < -0.39 is 18.4 Å². The van der Waals surface area contributed by atoms with Gasteiger partial charge >= 0.3 is 6.18 Å². The minimum Gasteiger partial charge on any atom is -0.289 e. The van der Waals surface area contributed by atoms with Gasteiger partial charge in [0, 0.05) is 9.90 Å². The van der Waals surface area contributed by atoms with E-state index in [9.17, 15) is 18.0 Å². The number of rotatable bonds is 4. The standard InChI is InChI=1S/C14H9ClF3NOS/c15-9-3-5-10(6-4-9)19-11(12-2-1-7-21-12)8-13(20)14(16,17)18/h1-7H,8H2. The van der Waals surface area contributed by atoms with Gasteiger partial charge in [0.25, 0.3) is 0 Å². The Balaban J connectivity index is 2.33. The third-order valence-electron chi connectivity index (χ3n) is 2.54. The highest BCUT2D eigenvalue weighted by Gasteiger charge is 2.38. The number of carbonyl (C=O) groups excluding carboxylic acids is 1. The smallest absolute Gasteiger partial charge is 0.289 e. The minimum atomic E-state index is -4.86. The molecule has 1 aromatic carbocycles.